The van der Waals surface area contributed by atoms with E-state index in [9.17, 15) is 0 Å². The van der Waals surface area contributed by atoms with E-state index in [1.165, 1.54) is 12.8 Å². The smallest absolute Gasteiger partial charge is 0.191 e. The first-order valence-electron chi connectivity index (χ1n) is 7.46. The topological polar surface area (TPSA) is 39.7 Å². The number of unbranched alkanes of at least 4 members (excludes halogenated alkanes) is 1. The molecule has 0 aliphatic heterocycles. The molecule has 0 aromatic rings. The number of nitrogens with one attached hydrogen (secondary N) is 2. The van der Waals surface area contributed by atoms with Gasteiger partial charge in [0.2, 0.25) is 0 Å². The van der Waals surface area contributed by atoms with Crippen LogP contribution in [0.4, 0.5) is 0 Å². The summed E-state index contributed by atoms with van der Waals surface area (Å²) in [6, 6.07) is 1.16. The molecule has 0 amide bonds. The molecule has 0 atom stereocenters. The molecule has 0 aromatic carbocycles. The molecule has 0 heterocycles. The van der Waals surface area contributed by atoms with Gasteiger partial charge >= 0.3 is 0 Å². The summed E-state index contributed by atoms with van der Waals surface area (Å²) in [5.74, 6) is 0.936. The Morgan fingerprint density at radius 1 is 1.30 bits per heavy atom. The Bertz CT molecular complexity index is 294. The van der Waals surface area contributed by atoms with Crippen LogP contribution in [0.3, 0.4) is 0 Å². The lowest BCUT2D eigenvalue weighted by Gasteiger charge is -2.21. The molecule has 2 N–H and O–H groups in total. The Kier molecular flexibility index (Phi) is 11.2. The van der Waals surface area contributed by atoms with Crippen LogP contribution in [0.15, 0.2) is 17.1 Å². The number of aliphatic imine (C=N–C) groups is 1. The van der Waals surface area contributed by atoms with Gasteiger partial charge < -0.3 is 15.5 Å². The van der Waals surface area contributed by atoms with Crippen molar-refractivity contribution >= 4 is 29.9 Å². The van der Waals surface area contributed by atoms with Crippen molar-refractivity contribution in [1.29, 1.82) is 0 Å². The quantitative estimate of drug-likeness (QED) is 0.229. The lowest BCUT2D eigenvalue weighted by Crippen LogP contribution is -2.42. The van der Waals surface area contributed by atoms with Crippen LogP contribution in [-0.2, 0) is 0 Å². The van der Waals surface area contributed by atoms with Crippen molar-refractivity contribution in [2.45, 2.75) is 51.6 Å². The van der Waals surface area contributed by atoms with Crippen LogP contribution in [0.2, 0.25) is 0 Å². The van der Waals surface area contributed by atoms with Crippen molar-refractivity contribution < 1.29 is 0 Å². The van der Waals surface area contributed by atoms with E-state index >= 15 is 0 Å². The Balaban J connectivity index is 0.00000361. The zero-order chi connectivity index (χ0) is 14.1. The minimum atomic E-state index is 0. The molecule has 1 rings (SSSR count). The predicted octanol–water partition coefficient (Wildman–Crippen LogP) is 2.61. The molecule has 0 fully saturated rings. The highest BCUT2D eigenvalue weighted by atomic mass is 127. The van der Waals surface area contributed by atoms with Crippen molar-refractivity contribution in [3.8, 4) is 0 Å². The lowest BCUT2D eigenvalue weighted by atomic mass is 10.2. The molecule has 0 unspecified atom stereocenters. The van der Waals surface area contributed by atoms with Gasteiger partial charge in [-0.05, 0) is 53.1 Å². The molecule has 0 aromatic heterocycles. The number of halogens is 1. The first-order valence-corrected chi connectivity index (χ1v) is 7.46. The monoisotopic (exact) mass is 394 g/mol. The molecule has 20 heavy (non-hydrogen) atoms. The predicted molar refractivity (Wildman–Crippen MR) is 99.1 cm³/mol. The van der Waals surface area contributed by atoms with E-state index in [4.69, 9.17) is 0 Å². The Hall–Kier alpha value is -0.300. The molecular weight excluding hydrogens is 363 g/mol. The summed E-state index contributed by atoms with van der Waals surface area (Å²) >= 11 is 0. The number of nitrogens with zero attached hydrogens (tertiary/aromatic N) is 2. The molecule has 1 aliphatic carbocycles. The Morgan fingerprint density at radius 2 is 1.95 bits per heavy atom. The van der Waals surface area contributed by atoms with Gasteiger partial charge in [-0.1, -0.05) is 12.2 Å². The molecular formula is C15H31IN4. The second kappa shape index (κ2) is 11.4. The van der Waals surface area contributed by atoms with Crippen LogP contribution in [0.25, 0.3) is 0 Å². The molecule has 0 bridgehead atoms. The fourth-order valence-corrected chi connectivity index (χ4v) is 2.07. The van der Waals surface area contributed by atoms with Crippen LogP contribution < -0.4 is 10.6 Å². The summed E-state index contributed by atoms with van der Waals surface area (Å²) in [7, 11) is 4.02. The molecule has 118 valence electrons. The summed E-state index contributed by atoms with van der Waals surface area (Å²) in [6.45, 7) is 6.63. The highest BCUT2D eigenvalue weighted by Crippen LogP contribution is 2.08. The molecule has 0 radical (unpaired) electrons. The van der Waals surface area contributed by atoms with Crippen molar-refractivity contribution in [3.05, 3.63) is 12.2 Å². The van der Waals surface area contributed by atoms with Crippen molar-refractivity contribution in [2.24, 2.45) is 4.99 Å². The van der Waals surface area contributed by atoms with Crippen LogP contribution in [-0.4, -0.2) is 50.1 Å². The van der Waals surface area contributed by atoms with Crippen molar-refractivity contribution in [1.82, 2.24) is 15.5 Å². The van der Waals surface area contributed by atoms with Gasteiger partial charge in [0, 0.05) is 25.7 Å². The maximum Gasteiger partial charge on any atom is 0.191 e. The molecule has 5 heteroatoms. The molecule has 0 saturated carbocycles. The fourth-order valence-electron chi connectivity index (χ4n) is 2.07. The van der Waals surface area contributed by atoms with E-state index in [2.05, 4.69) is 53.6 Å². The zero-order valence-corrected chi connectivity index (χ0v) is 15.7. The third-order valence-electron chi connectivity index (χ3n) is 3.68. The van der Waals surface area contributed by atoms with E-state index in [1.54, 1.807) is 0 Å². The van der Waals surface area contributed by atoms with Gasteiger partial charge in [-0.3, -0.25) is 4.99 Å². The summed E-state index contributed by atoms with van der Waals surface area (Å²) in [4.78, 5) is 6.65. The molecule has 1 aliphatic rings. The minimum absolute atomic E-state index is 0. The third kappa shape index (κ3) is 8.09. The number of rotatable bonds is 7. The second-order valence-electron chi connectivity index (χ2n) is 5.56. The summed E-state index contributed by atoms with van der Waals surface area (Å²) in [5, 5.41) is 6.84. The van der Waals surface area contributed by atoms with E-state index < -0.39 is 0 Å². The Labute approximate surface area is 141 Å². The van der Waals surface area contributed by atoms with Crippen molar-refractivity contribution in [3.63, 3.8) is 0 Å². The Morgan fingerprint density at radius 3 is 2.50 bits per heavy atom. The highest BCUT2D eigenvalue weighted by molar-refractivity contribution is 14.0. The molecule has 0 spiro atoms. The standard InChI is InChI=1S/C15H30N4.HI/c1-13(2)19(4)12-8-7-11-17-15(16-3)18-14-9-5-6-10-14;/h5-6,13-14H,7-12H2,1-4H3,(H2,16,17,18);1H. The lowest BCUT2D eigenvalue weighted by molar-refractivity contribution is 0.268. The SMILES string of the molecule is CN=C(NCCCCN(C)C(C)C)NC1CC=CC1.I. The fraction of sp³-hybridized carbons (Fsp3) is 0.800. The third-order valence-corrected chi connectivity index (χ3v) is 3.68. The number of hydrogen-bond acceptors (Lipinski definition) is 2. The van der Waals surface area contributed by atoms with E-state index in [1.807, 2.05) is 7.05 Å². The van der Waals surface area contributed by atoms with Gasteiger partial charge in [-0.15, -0.1) is 24.0 Å². The normalized spacial score (nSPS) is 15.8. The summed E-state index contributed by atoms with van der Waals surface area (Å²) in [6.07, 6.45) is 9.09. The average molecular weight is 394 g/mol. The summed E-state index contributed by atoms with van der Waals surface area (Å²) < 4.78 is 0. The van der Waals surface area contributed by atoms with Gasteiger partial charge in [-0.2, -0.15) is 0 Å². The largest absolute Gasteiger partial charge is 0.356 e. The maximum atomic E-state index is 4.27. The molecule has 4 nitrogen and oxygen atoms in total. The minimum Gasteiger partial charge on any atom is -0.356 e. The summed E-state index contributed by atoms with van der Waals surface area (Å²) in [5.41, 5.74) is 0. The second-order valence-corrected chi connectivity index (χ2v) is 5.56. The zero-order valence-electron chi connectivity index (χ0n) is 13.4. The van der Waals surface area contributed by atoms with Crippen molar-refractivity contribution in [2.75, 3.05) is 27.2 Å². The van der Waals surface area contributed by atoms with Gasteiger partial charge in [-0.25, -0.2) is 0 Å². The maximum absolute atomic E-state index is 4.27. The first-order chi connectivity index (χ1) is 9.13. The first kappa shape index (κ1) is 19.7. The number of guanidine groups is 1. The number of hydrogen-bond donors (Lipinski definition) is 2. The van der Waals surface area contributed by atoms with Crippen LogP contribution in [0.5, 0.6) is 0 Å². The highest BCUT2D eigenvalue weighted by Gasteiger charge is 2.11. The average Bonchev–Trinajstić information content (AvgIpc) is 2.89. The van der Waals surface area contributed by atoms with Crippen LogP contribution >= 0.6 is 24.0 Å². The van der Waals surface area contributed by atoms with Crippen LogP contribution in [0.1, 0.15) is 39.5 Å². The van der Waals surface area contributed by atoms with Gasteiger partial charge in [0.15, 0.2) is 5.96 Å². The van der Waals surface area contributed by atoms with E-state index in [0.29, 0.717) is 12.1 Å². The molecule has 0 saturated heterocycles. The van der Waals surface area contributed by atoms with E-state index in [-0.39, 0.29) is 24.0 Å². The van der Waals surface area contributed by atoms with Gasteiger partial charge in [0.25, 0.3) is 0 Å². The van der Waals surface area contributed by atoms with Gasteiger partial charge in [0.05, 0.1) is 0 Å². The van der Waals surface area contributed by atoms with Crippen LogP contribution in [0, 0.1) is 0 Å². The van der Waals surface area contributed by atoms with Gasteiger partial charge in [0.1, 0.15) is 0 Å². The van der Waals surface area contributed by atoms with E-state index in [0.717, 1.165) is 31.9 Å².